The second kappa shape index (κ2) is 6.09. The largest absolute Gasteiger partial charge is 0.492 e. The second-order valence-electron chi connectivity index (χ2n) is 4.77. The summed E-state index contributed by atoms with van der Waals surface area (Å²) in [5.74, 6) is 0.977. The molecule has 2 heterocycles. The van der Waals surface area contributed by atoms with Crippen LogP contribution >= 0.6 is 11.3 Å². The number of aromatic nitrogens is 1. The van der Waals surface area contributed by atoms with Crippen LogP contribution in [0.25, 0.3) is 0 Å². The van der Waals surface area contributed by atoms with Gasteiger partial charge in [0.2, 0.25) is 0 Å². The molecule has 2 aromatic rings. The number of hydrogen-bond acceptors (Lipinski definition) is 7. The van der Waals surface area contributed by atoms with Crippen molar-refractivity contribution in [2.75, 3.05) is 18.5 Å². The molecule has 2 aromatic heterocycles. The quantitative estimate of drug-likeness (QED) is 0.779. The molecule has 0 aliphatic carbocycles. The first-order valence-electron chi connectivity index (χ1n) is 6.37. The van der Waals surface area contributed by atoms with Gasteiger partial charge in [0.05, 0.1) is 7.11 Å². The number of hydrogen-bond donors (Lipinski definition) is 0. The molecule has 0 amide bonds. The van der Waals surface area contributed by atoms with E-state index in [1.165, 1.54) is 14.2 Å². The average Bonchev–Trinajstić information content (AvgIpc) is 3.03. The van der Waals surface area contributed by atoms with Crippen LogP contribution in [0.1, 0.15) is 19.6 Å². The Bertz CT molecular complexity index is 801. The highest BCUT2D eigenvalue weighted by atomic mass is 32.2. The molecule has 0 saturated heterocycles. The van der Waals surface area contributed by atoms with Crippen LogP contribution in [0.15, 0.2) is 25.2 Å². The molecular formula is C13H17N3O4S2. The first-order chi connectivity index (χ1) is 10.3. The molecule has 0 bridgehead atoms. The Morgan fingerprint density at radius 2 is 2.14 bits per heavy atom. The van der Waals surface area contributed by atoms with Crippen molar-refractivity contribution < 1.29 is 17.7 Å². The zero-order chi connectivity index (χ0) is 16.5. The fourth-order valence-electron chi connectivity index (χ4n) is 1.75. The molecule has 0 aliphatic heterocycles. The van der Waals surface area contributed by atoms with E-state index in [2.05, 4.69) is 10.1 Å². The third kappa shape index (κ3) is 3.00. The van der Waals surface area contributed by atoms with E-state index in [0.717, 1.165) is 21.4 Å². The van der Waals surface area contributed by atoms with Crippen molar-refractivity contribution in [3.8, 4) is 5.75 Å². The topological polar surface area (TPSA) is 85.0 Å². The van der Waals surface area contributed by atoms with E-state index in [0.29, 0.717) is 11.4 Å². The summed E-state index contributed by atoms with van der Waals surface area (Å²) in [4.78, 5) is 4.29. The third-order valence-electron chi connectivity index (χ3n) is 2.78. The maximum Gasteiger partial charge on any atom is 0.278 e. The van der Waals surface area contributed by atoms with Crippen LogP contribution in [-0.4, -0.2) is 33.4 Å². The Morgan fingerprint density at radius 1 is 1.45 bits per heavy atom. The van der Waals surface area contributed by atoms with E-state index < -0.39 is 10.0 Å². The average molecular weight is 343 g/mol. The van der Waals surface area contributed by atoms with Crippen LogP contribution in [0.5, 0.6) is 5.75 Å². The van der Waals surface area contributed by atoms with E-state index in [4.69, 9.17) is 9.26 Å². The summed E-state index contributed by atoms with van der Waals surface area (Å²) in [5, 5.41) is 5.38. The lowest BCUT2D eigenvalue weighted by Gasteiger charge is -2.15. The van der Waals surface area contributed by atoms with Crippen LogP contribution in [0.2, 0.25) is 0 Å². The number of aliphatic imine (C=N–C) groups is 1. The number of aryl methyl sites for hydroxylation is 1. The number of anilines is 1. The van der Waals surface area contributed by atoms with Gasteiger partial charge < -0.3 is 9.26 Å². The van der Waals surface area contributed by atoms with Crippen LogP contribution in [-0.2, 0) is 10.0 Å². The number of nitrogens with zero attached hydrogens (tertiary/aromatic N) is 3. The second-order valence-corrected chi connectivity index (χ2v) is 7.81. The van der Waals surface area contributed by atoms with E-state index in [9.17, 15) is 8.42 Å². The maximum absolute atomic E-state index is 12.7. The molecule has 0 radical (unpaired) electrons. The Kier molecular flexibility index (Phi) is 4.57. The SMILES string of the molecule is COc1c(N=C(C)C)csc1S(=O)(=O)N(C)c1cc(C)on1. The van der Waals surface area contributed by atoms with Crippen molar-refractivity contribution in [1.82, 2.24) is 5.16 Å². The van der Waals surface area contributed by atoms with Crippen LogP contribution < -0.4 is 9.04 Å². The summed E-state index contributed by atoms with van der Waals surface area (Å²) in [6, 6.07) is 1.55. The van der Waals surface area contributed by atoms with Crippen molar-refractivity contribution in [1.29, 1.82) is 0 Å². The highest BCUT2D eigenvalue weighted by Gasteiger charge is 2.30. The minimum Gasteiger partial charge on any atom is -0.492 e. The van der Waals surface area contributed by atoms with E-state index in [-0.39, 0.29) is 15.8 Å². The zero-order valence-corrected chi connectivity index (χ0v) is 14.6. The lowest BCUT2D eigenvalue weighted by Crippen LogP contribution is -2.26. The Balaban J connectivity index is 2.50. The normalized spacial score (nSPS) is 11.3. The summed E-state index contributed by atoms with van der Waals surface area (Å²) < 4.78 is 36.8. The molecule has 22 heavy (non-hydrogen) atoms. The number of thiophene rings is 1. The standard InChI is InChI=1S/C13H17N3O4S2/c1-8(2)14-10-7-21-13(12(10)19-5)22(17,18)16(4)11-6-9(3)20-15-11/h6-7H,1-5H3. The van der Waals surface area contributed by atoms with Gasteiger partial charge >= 0.3 is 0 Å². The fraction of sp³-hybridized carbons (Fsp3) is 0.385. The van der Waals surface area contributed by atoms with Gasteiger partial charge in [-0.2, -0.15) is 8.42 Å². The number of methoxy groups -OCH3 is 1. The summed E-state index contributed by atoms with van der Waals surface area (Å²) in [7, 11) is -0.963. The van der Waals surface area contributed by atoms with Gasteiger partial charge in [-0.25, -0.2) is 4.31 Å². The Morgan fingerprint density at radius 3 is 2.64 bits per heavy atom. The number of sulfonamides is 1. The number of ether oxygens (including phenoxy) is 1. The molecule has 0 spiro atoms. The van der Waals surface area contributed by atoms with E-state index in [1.54, 1.807) is 18.4 Å². The Labute approximate surface area is 133 Å². The van der Waals surface area contributed by atoms with Crippen molar-refractivity contribution in [3.05, 3.63) is 17.2 Å². The highest BCUT2D eigenvalue weighted by molar-refractivity contribution is 7.94. The van der Waals surface area contributed by atoms with Crippen LogP contribution in [0.3, 0.4) is 0 Å². The van der Waals surface area contributed by atoms with Crippen molar-refractivity contribution in [2.45, 2.75) is 25.0 Å². The molecular weight excluding hydrogens is 326 g/mol. The maximum atomic E-state index is 12.7. The van der Waals surface area contributed by atoms with Gasteiger partial charge in [-0.15, -0.1) is 11.3 Å². The molecule has 0 saturated carbocycles. The molecule has 0 N–H and O–H groups in total. The predicted octanol–water partition coefficient (Wildman–Crippen LogP) is 2.99. The van der Waals surface area contributed by atoms with Gasteiger partial charge in [0.15, 0.2) is 15.8 Å². The van der Waals surface area contributed by atoms with Gasteiger partial charge in [-0.3, -0.25) is 4.99 Å². The molecule has 0 fully saturated rings. The van der Waals surface area contributed by atoms with Gasteiger partial charge in [-0.1, -0.05) is 5.16 Å². The first-order valence-corrected chi connectivity index (χ1v) is 8.69. The van der Waals surface area contributed by atoms with Gasteiger partial charge in [0.1, 0.15) is 11.4 Å². The van der Waals surface area contributed by atoms with Gasteiger partial charge in [0, 0.05) is 24.2 Å². The molecule has 120 valence electrons. The van der Waals surface area contributed by atoms with E-state index in [1.807, 2.05) is 13.8 Å². The van der Waals surface area contributed by atoms with Crippen molar-refractivity contribution >= 4 is 38.6 Å². The fourth-order valence-corrected chi connectivity index (χ4v) is 4.40. The lowest BCUT2D eigenvalue weighted by molar-refractivity contribution is 0.398. The summed E-state index contributed by atoms with van der Waals surface area (Å²) >= 11 is 1.06. The summed E-state index contributed by atoms with van der Waals surface area (Å²) in [6.07, 6.45) is 0. The van der Waals surface area contributed by atoms with Crippen LogP contribution in [0.4, 0.5) is 11.5 Å². The first kappa shape index (κ1) is 16.5. The minimum atomic E-state index is -3.80. The molecule has 0 unspecified atom stereocenters. The highest BCUT2D eigenvalue weighted by Crippen LogP contribution is 2.42. The zero-order valence-electron chi connectivity index (χ0n) is 12.9. The molecule has 0 aliphatic rings. The van der Waals surface area contributed by atoms with Crippen LogP contribution in [0, 0.1) is 6.92 Å². The van der Waals surface area contributed by atoms with Crippen molar-refractivity contribution in [3.63, 3.8) is 0 Å². The molecule has 0 atom stereocenters. The minimum absolute atomic E-state index is 0.0816. The number of rotatable bonds is 5. The molecule has 2 rings (SSSR count). The summed E-state index contributed by atoms with van der Waals surface area (Å²) in [5.41, 5.74) is 1.30. The molecule has 9 heteroatoms. The summed E-state index contributed by atoms with van der Waals surface area (Å²) in [6.45, 7) is 5.35. The lowest BCUT2D eigenvalue weighted by atomic mass is 10.4. The molecule has 0 aromatic carbocycles. The van der Waals surface area contributed by atoms with Gasteiger partial charge in [-0.05, 0) is 20.8 Å². The third-order valence-corrected chi connectivity index (χ3v) is 6.00. The van der Waals surface area contributed by atoms with Crippen molar-refractivity contribution in [2.24, 2.45) is 4.99 Å². The predicted molar refractivity (Wildman–Crippen MR) is 86.1 cm³/mol. The molecule has 7 nitrogen and oxygen atoms in total. The van der Waals surface area contributed by atoms with Gasteiger partial charge in [0.25, 0.3) is 10.0 Å². The van der Waals surface area contributed by atoms with E-state index >= 15 is 0 Å². The smallest absolute Gasteiger partial charge is 0.278 e. The monoisotopic (exact) mass is 343 g/mol. The Hall–Kier alpha value is -1.87.